The second kappa shape index (κ2) is 9.14. The van der Waals surface area contributed by atoms with E-state index in [-0.39, 0.29) is 45.7 Å². The molecule has 1 saturated heterocycles. The van der Waals surface area contributed by atoms with Crippen molar-refractivity contribution >= 4 is 7.82 Å². The number of phosphoric ester groups is 1. The highest BCUT2D eigenvalue weighted by Crippen LogP contribution is 2.62. The molecule has 0 aromatic carbocycles. The summed E-state index contributed by atoms with van der Waals surface area (Å²) >= 11 is 0. The van der Waals surface area contributed by atoms with Crippen molar-refractivity contribution in [1.82, 2.24) is 0 Å². The van der Waals surface area contributed by atoms with Crippen LogP contribution in [0.1, 0.15) is 115 Å². The summed E-state index contributed by atoms with van der Waals surface area (Å²) in [6.07, 6.45) is 4.81. The number of phosphoric acid groups is 1. The molecule has 34 heavy (non-hydrogen) atoms. The van der Waals surface area contributed by atoms with E-state index in [4.69, 9.17) is 9.05 Å². The molecule has 3 aliphatic rings. The van der Waals surface area contributed by atoms with Crippen LogP contribution in [0.25, 0.3) is 0 Å². The molecule has 2 saturated carbocycles. The second-order valence-electron chi connectivity index (χ2n) is 16.4. The van der Waals surface area contributed by atoms with Crippen molar-refractivity contribution in [3.8, 4) is 0 Å². The highest BCUT2D eigenvalue weighted by Gasteiger charge is 2.55. The van der Waals surface area contributed by atoms with Crippen LogP contribution in [0.2, 0.25) is 0 Å². The summed E-state index contributed by atoms with van der Waals surface area (Å²) in [7, 11) is -4.17. The Morgan fingerprint density at radius 3 is 1.15 bits per heavy atom. The van der Waals surface area contributed by atoms with Crippen LogP contribution in [-0.2, 0) is 13.6 Å². The van der Waals surface area contributed by atoms with Crippen LogP contribution in [0.3, 0.4) is 0 Å². The van der Waals surface area contributed by atoms with Crippen molar-refractivity contribution in [2.24, 2.45) is 57.2 Å². The molecule has 1 N–H and O–H groups in total. The first-order valence-corrected chi connectivity index (χ1v) is 15.3. The molecule has 0 aromatic rings. The van der Waals surface area contributed by atoms with Crippen molar-refractivity contribution in [3.63, 3.8) is 0 Å². The molecule has 0 amide bonds. The minimum atomic E-state index is -4.17. The van der Waals surface area contributed by atoms with E-state index in [9.17, 15) is 9.46 Å². The van der Waals surface area contributed by atoms with Crippen molar-refractivity contribution in [3.05, 3.63) is 0 Å². The molecule has 1 aliphatic heterocycles. The summed E-state index contributed by atoms with van der Waals surface area (Å²) in [5, 5.41) is 0. The first-order chi connectivity index (χ1) is 15.1. The quantitative estimate of drug-likeness (QED) is 0.339. The molecule has 0 spiro atoms. The molecule has 8 atom stereocenters. The first kappa shape index (κ1) is 28.7. The van der Waals surface area contributed by atoms with Gasteiger partial charge < -0.3 is 4.89 Å². The van der Waals surface area contributed by atoms with Crippen LogP contribution in [0.4, 0.5) is 0 Å². The Morgan fingerprint density at radius 2 is 0.882 bits per heavy atom. The molecule has 0 bridgehead atoms. The zero-order valence-corrected chi connectivity index (χ0v) is 25.2. The lowest BCUT2D eigenvalue weighted by Gasteiger charge is -2.55. The van der Waals surface area contributed by atoms with Gasteiger partial charge in [-0.25, -0.2) is 4.57 Å². The summed E-state index contributed by atoms with van der Waals surface area (Å²) in [5.74, 6) is 2.21. The lowest BCUT2D eigenvalue weighted by molar-refractivity contribution is -0.129. The Bertz CT molecular complexity index is 703. The fraction of sp³-hybridized carbons (Fsp3) is 1.00. The molecular formula is C29H55O4P. The average Bonchev–Trinajstić information content (AvgIpc) is 2.58. The molecule has 0 radical (unpaired) electrons. The van der Waals surface area contributed by atoms with Crippen LogP contribution in [-0.4, -0.2) is 17.1 Å². The van der Waals surface area contributed by atoms with Crippen LogP contribution >= 0.6 is 7.82 Å². The predicted octanol–water partition coefficient (Wildman–Crippen LogP) is 8.73. The van der Waals surface area contributed by atoms with E-state index in [1.165, 1.54) is 0 Å². The molecule has 1 heterocycles. The van der Waals surface area contributed by atoms with E-state index >= 15 is 0 Å². The maximum absolute atomic E-state index is 13.5. The molecule has 200 valence electrons. The second-order valence-corrected chi connectivity index (χ2v) is 17.7. The van der Waals surface area contributed by atoms with Crippen molar-refractivity contribution in [2.75, 3.05) is 0 Å². The monoisotopic (exact) mass is 498 g/mol. The van der Waals surface area contributed by atoms with Gasteiger partial charge in [-0.3, -0.25) is 9.05 Å². The normalized spacial score (nSPS) is 42.9. The van der Waals surface area contributed by atoms with Gasteiger partial charge in [-0.15, -0.1) is 0 Å². The van der Waals surface area contributed by atoms with Gasteiger partial charge in [0.25, 0.3) is 0 Å². The third-order valence-electron chi connectivity index (χ3n) is 9.76. The van der Waals surface area contributed by atoms with Crippen molar-refractivity contribution in [1.29, 1.82) is 0 Å². The van der Waals surface area contributed by atoms with Gasteiger partial charge in [-0.05, 0) is 89.3 Å². The van der Waals surface area contributed by atoms with E-state index in [1.54, 1.807) is 0 Å². The summed E-state index contributed by atoms with van der Waals surface area (Å²) in [6, 6.07) is 0. The smallest absolute Gasteiger partial charge is 0.302 e. The van der Waals surface area contributed by atoms with Crippen LogP contribution < -0.4 is 0 Å². The van der Waals surface area contributed by atoms with Crippen molar-refractivity contribution in [2.45, 2.75) is 127 Å². The zero-order valence-electron chi connectivity index (χ0n) is 24.3. The lowest BCUT2D eigenvalue weighted by atomic mass is 9.55. The Kier molecular flexibility index (Phi) is 7.71. The van der Waals surface area contributed by atoms with Crippen LogP contribution in [0, 0.1) is 57.2 Å². The molecule has 4 nitrogen and oxygen atoms in total. The summed E-state index contributed by atoms with van der Waals surface area (Å²) in [4.78, 5) is 11.1. The highest BCUT2D eigenvalue weighted by atomic mass is 31.2. The summed E-state index contributed by atoms with van der Waals surface area (Å²) in [6.45, 7) is 27.7. The largest absolute Gasteiger partial charge is 0.472 e. The summed E-state index contributed by atoms with van der Waals surface area (Å²) in [5.41, 5.74) is 0.425. The maximum Gasteiger partial charge on any atom is 0.472 e. The molecule has 3 fully saturated rings. The fourth-order valence-corrected chi connectivity index (χ4v) is 8.64. The number of fused-ring (bicyclic) bond motifs is 2. The van der Waals surface area contributed by atoms with E-state index in [1.807, 2.05) is 0 Å². The highest BCUT2D eigenvalue weighted by molar-refractivity contribution is 7.47. The van der Waals surface area contributed by atoms with Gasteiger partial charge in [0.15, 0.2) is 0 Å². The SMILES string of the molecule is CC(C)(C)C1CC2CC3CC(C(C)(C)C)CC(C(C)(C)C)C3OP(=O)(O)OC2C(C(C)(C)C)C1. The Balaban J connectivity index is 2.06. The first-order valence-electron chi connectivity index (χ1n) is 13.8. The third kappa shape index (κ3) is 6.32. The summed E-state index contributed by atoms with van der Waals surface area (Å²) < 4.78 is 25.9. The van der Waals surface area contributed by atoms with E-state index in [0.717, 1.165) is 32.1 Å². The number of hydrogen-bond donors (Lipinski definition) is 1. The van der Waals surface area contributed by atoms with Gasteiger partial charge in [0.1, 0.15) is 0 Å². The fourth-order valence-electron chi connectivity index (χ4n) is 7.34. The van der Waals surface area contributed by atoms with Gasteiger partial charge >= 0.3 is 7.82 Å². The van der Waals surface area contributed by atoms with E-state index < -0.39 is 7.82 Å². The zero-order chi connectivity index (χ0) is 26.1. The topological polar surface area (TPSA) is 55.8 Å². The Labute approximate surface area is 211 Å². The molecule has 2 aliphatic carbocycles. The minimum Gasteiger partial charge on any atom is -0.302 e. The third-order valence-corrected chi connectivity index (χ3v) is 10.8. The van der Waals surface area contributed by atoms with Gasteiger partial charge in [0.2, 0.25) is 0 Å². The standard InChI is InChI=1S/C29H55O4P/c1-26(2,3)20-14-18-13-19-15-21(27(4,5)6)17-23(29(10,11)12)25(19)33-34(30,31)32-24(18)22(16-20)28(7,8)9/h18-25H,13-17H2,1-12H3,(H,30,31). The van der Waals surface area contributed by atoms with Gasteiger partial charge in [-0.1, -0.05) is 83.1 Å². The van der Waals surface area contributed by atoms with Gasteiger partial charge in [0, 0.05) is 0 Å². The van der Waals surface area contributed by atoms with Crippen LogP contribution in [0.15, 0.2) is 0 Å². The predicted molar refractivity (Wildman–Crippen MR) is 141 cm³/mol. The molecule has 8 unspecified atom stereocenters. The maximum atomic E-state index is 13.5. The van der Waals surface area contributed by atoms with E-state index in [0.29, 0.717) is 23.7 Å². The van der Waals surface area contributed by atoms with E-state index in [2.05, 4.69) is 83.1 Å². The molecule has 5 heteroatoms. The minimum absolute atomic E-state index is 0.000109. The number of hydrogen-bond acceptors (Lipinski definition) is 3. The number of rotatable bonds is 0. The molecular weight excluding hydrogens is 443 g/mol. The molecule has 3 rings (SSSR count). The van der Waals surface area contributed by atoms with Gasteiger partial charge in [0.05, 0.1) is 12.2 Å². The van der Waals surface area contributed by atoms with Crippen LogP contribution in [0.5, 0.6) is 0 Å². The molecule has 0 aromatic heterocycles. The Hall–Kier alpha value is 0.110. The lowest BCUT2D eigenvalue weighted by Crippen LogP contribution is -2.52. The Morgan fingerprint density at radius 1 is 0.559 bits per heavy atom. The van der Waals surface area contributed by atoms with Crippen molar-refractivity contribution < 1.29 is 18.5 Å². The van der Waals surface area contributed by atoms with Gasteiger partial charge in [-0.2, -0.15) is 0 Å². The average molecular weight is 499 g/mol.